The molecule has 0 N–H and O–H groups in total. The van der Waals surface area contributed by atoms with Gasteiger partial charge in [0.25, 0.3) is 8.32 Å². The Morgan fingerprint density at radius 1 is 0.815 bits per heavy atom. The second-order valence-electron chi connectivity index (χ2n) is 6.42. The summed E-state index contributed by atoms with van der Waals surface area (Å²) in [5.74, 6) is 0. The number of carbonyl (C=O) groups is 1. The van der Waals surface area contributed by atoms with E-state index in [9.17, 15) is 4.79 Å². The number of allylic oxidation sites excluding steroid dienone is 2. The van der Waals surface area contributed by atoms with Gasteiger partial charge in [-0.15, -0.1) is 0 Å². The maximum atomic E-state index is 12.0. The molecule has 0 aliphatic carbocycles. The van der Waals surface area contributed by atoms with Gasteiger partial charge >= 0.3 is 0 Å². The summed E-state index contributed by atoms with van der Waals surface area (Å²) in [5.41, 5.74) is 0.886. The summed E-state index contributed by atoms with van der Waals surface area (Å²) >= 11 is 0. The summed E-state index contributed by atoms with van der Waals surface area (Å²) in [6.07, 6.45) is 4.52. The Labute approximate surface area is 162 Å². The van der Waals surface area contributed by atoms with Crippen LogP contribution in [0, 0.1) is 0 Å². The molecule has 3 heteroatoms. The molecule has 2 nitrogen and oxygen atoms in total. The summed E-state index contributed by atoms with van der Waals surface area (Å²) in [7, 11) is -2.65. The Bertz CT molecular complexity index is 821. The highest BCUT2D eigenvalue weighted by Gasteiger charge is 2.41. The number of carbonyl (C=O) groups excluding carboxylic acids is 1. The van der Waals surface area contributed by atoms with Crippen LogP contribution in [0.25, 0.3) is 0 Å². The van der Waals surface area contributed by atoms with Crippen LogP contribution in [0.4, 0.5) is 0 Å². The molecule has 0 heterocycles. The lowest BCUT2D eigenvalue weighted by Gasteiger charge is -2.34. The lowest BCUT2D eigenvalue weighted by molar-refractivity contribution is -0.114. The molecule has 27 heavy (non-hydrogen) atoms. The molecule has 0 bridgehead atoms. The van der Waals surface area contributed by atoms with Crippen LogP contribution in [0.1, 0.15) is 18.6 Å². The van der Waals surface area contributed by atoms with Crippen LogP contribution in [-0.4, -0.2) is 14.6 Å². The summed E-state index contributed by atoms with van der Waals surface area (Å²) in [4.78, 5) is 12.0. The van der Waals surface area contributed by atoms with E-state index in [1.807, 2.05) is 73.7 Å². The minimum absolute atomic E-state index is 0.594. The normalized spacial score (nSPS) is 12.8. The molecule has 0 saturated heterocycles. The third kappa shape index (κ3) is 4.33. The monoisotopic (exact) mass is 372 g/mol. The molecule has 0 spiro atoms. The van der Waals surface area contributed by atoms with E-state index >= 15 is 0 Å². The Kier molecular flexibility index (Phi) is 6.52. The summed E-state index contributed by atoms with van der Waals surface area (Å²) in [5, 5.41) is 2.33. The van der Waals surface area contributed by atoms with Gasteiger partial charge in [0, 0.05) is 0 Å². The van der Waals surface area contributed by atoms with Gasteiger partial charge in [0.15, 0.2) is 6.29 Å². The third-order valence-electron chi connectivity index (χ3n) is 4.70. The molecule has 0 radical (unpaired) electrons. The Morgan fingerprint density at radius 2 is 1.30 bits per heavy atom. The fourth-order valence-electron chi connectivity index (χ4n) is 3.32. The van der Waals surface area contributed by atoms with Gasteiger partial charge in [-0.1, -0.05) is 103 Å². The van der Waals surface area contributed by atoms with E-state index in [2.05, 4.69) is 36.4 Å². The van der Waals surface area contributed by atoms with Gasteiger partial charge < -0.3 is 9.22 Å². The van der Waals surface area contributed by atoms with E-state index in [1.54, 1.807) is 0 Å². The minimum atomic E-state index is -2.65. The van der Waals surface area contributed by atoms with E-state index in [0.717, 1.165) is 28.3 Å². The van der Waals surface area contributed by atoms with E-state index in [0.29, 0.717) is 0 Å². The van der Waals surface area contributed by atoms with Gasteiger partial charge in [-0.25, -0.2) is 0 Å². The first-order chi connectivity index (χ1) is 13.3. The SMILES string of the molecule is C/C=C/C[Si](OC(C=O)c1ccccc1)(c1ccccc1)c1ccccc1. The zero-order chi connectivity index (χ0) is 19.0. The fraction of sp³-hybridized carbons (Fsp3) is 0.125. The molecule has 0 fully saturated rings. The van der Waals surface area contributed by atoms with Gasteiger partial charge in [0.2, 0.25) is 0 Å². The van der Waals surface area contributed by atoms with Crippen LogP contribution in [0.15, 0.2) is 103 Å². The van der Waals surface area contributed by atoms with Crippen molar-refractivity contribution in [2.24, 2.45) is 0 Å². The van der Waals surface area contributed by atoms with Crippen LogP contribution < -0.4 is 10.4 Å². The maximum Gasteiger partial charge on any atom is 0.260 e. The maximum absolute atomic E-state index is 12.0. The van der Waals surface area contributed by atoms with Crippen LogP contribution in [-0.2, 0) is 9.22 Å². The molecule has 0 saturated carbocycles. The molecule has 0 amide bonds. The number of hydrogen-bond donors (Lipinski definition) is 0. The predicted molar refractivity (Wildman–Crippen MR) is 114 cm³/mol. The highest BCUT2D eigenvalue weighted by Crippen LogP contribution is 2.24. The van der Waals surface area contributed by atoms with Crippen molar-refractivity contribution in [2.45, 2.75) is 19.1 Å². The smallest absolute Gasteiger partial charge is 0.260 e. The molecule has 1 atom stereocenters. The van der Waals surface area contributed by atoms with Crippen LogP contribution in [0.3, 0.4) is 0 Å². The topological polar surface area (TPSA) is 26.3 Å². The van der Waals surface area contributed by atoms with E-state index < -0.39 is 14.4 Å². The van der Waals surface area contributed by atoms with Gasteiger partial charge in [-0.2, -0.15) is 0 Å². The van der Waals surface area contributed by atoms with Crippen LogP contribution >= 0.6 is 0 Å². The van der Waals surface area contributed by atoms with Gasteiger partial charge in [-0.05, 0) is 28.9 Å². The Balaban J connectivity index is 2.14. The largest absolute Gasteiger partial charge is 0.394 e. The number of rotatable bonds is 8. The quantitative estimate of drug-likeness (QED) is 0.335. The average molecular weight is 373 g/mol. The highest BCUT2D eigenvalue weighted by atomic mass is 28.4. The number of aldehydes is 1. The summed E-state index contributed by atoms with van der Waals surface area (Å²) in [6.45, 7) is 2.02. The first-order valence-corrected chi connectivity index (χ1v) is 11.3. The molecular formula is C24H24O2Si. The van der Waals surface area contributed by atoms with E-state index in [1.165, 1.54) is 0 Å². The molecular weight excluding hydrogens is 348 g/mol. The summed E-state index contributed by atoms with van der Waals surface area (Å²) in [6, 6.07) is 31.2. The van der Waals surface area contributed by atoms with Gasteiger partial charge in [0.1, 0.15) is 6.10 Å². The highest BCUT2D eigenvalue weighted by molar-refractivity contribution is 6.97. The van der Waals surface area contributed by atoms with Crippen molar-refractivity contribution in [2.75, 3.05) is 0 Å². The van der Waals surface area contributed by atoms with Crippen LogP contribution in [0.2, 0.25) is 6.04 Å². The first-order valence-electron chi connectivity index (χ1n) is 9.20. The second-order valence-corrected chi connectivity index (χ2v) is 9.87. The molecule has 0 aliphatic rings. The van der Waals surface area contributed by atoms with Crippen LogP contribution in [0.5, 0.6) is 0 Å². The van der Waals surface area contributed by atoms with E-state index in [4.69, 9.17) is 4.43 Å². The van der Waals surface area contributed by atoms with Crippen molar-refractivity contribution in [3.8, 4) is 0 Å². The molecule has 3 aromatic rings. The second kappa shape index (κ2) is 9.26. The van der Waals surface area contributed by atoms with Crippen molar-refractivity contribution in [1.29, 1.82) is 0 Å². The van der Waals surface area contributed by atoms with Crippen molar-refractivity contribution < 1.29 is 9.22 Å². The molecule has 3 rings (SSSR count). The van der Waals surface area contributed by atoms with Gasteiger partial charge in [-0.3, -0.25) is 0 Å². The first kappa shape index (κ1) is 19.0. The molecule has 3 aromatic carbocycles. The predicted octanol–water partition coefficient (Wildman–Crippen LogP) is 4.28. The molecule has 1 unspecified atom stereocenters. The summed E-state index contributed by atoms with van der Waals surface area (Å²) < 4.78 is 6.77. The Hall–Kier alpha value is -2.75. The minimum Gasteiger partial charge on any atom is -0.394 e. The van der Waals surface area contributed by atoms with Crippen molar-refractivity contribution in [1.82, 2.24) is 0 Å². The Morgan fingerprint density at radius 3 is 1.74 bits per heavy atom. The lowest BCUT2D eigenvalue weighted by atomic mass is 10.1. The van der Waals surface area contributed by atoms with Crippen molar-refractivity contribution in [3.63, 3.8) is 0 Å². The van der Waals surface area contributed by atoms with Crippen molar-refractivity contribution >= 4 is 25.0 Å². The standard InChI is InChI=1S/C24H24O2Si/c1-2-3-19-27(22-15-9-5-10-16-22,23-17-11-6-12-18-23)26-24(20-25)21-13-7-4-8-14-21/h2-18,20,24H,19H2,1H3/b3-2+. The molecule has 136 valence electrons. The molecule has 0 aliphatic heterocycles. The molecule has 0 aromatic heterocycles. The van der Waals surface area contributed by atoms with Crippen molar-refractivity contribution in [3.05, 3.63) is 109 Å². The third-order valence-corrected chi connectivity index (χ3v) is 8.70. The zero-order valence-electron chi connectivity index (χ0n) is 15.5. The van der Waals surface area contributed by atoms with Gasteiger partial charge in [0.05, 0.1) is 0 Å². The fourth-order valence-corrected chi connectivity index (χ4v) is 7.15. The average Bonchev–Trinajstić information content (AvgIpc) is 2.76. The van der Waals surface area contributed by atoms with E-state index in [-0.39, 0.29) is 0 Å². The number of benzene rings is 3. The number of hydrogen-bond acceptors (Lipinski definition) is 2. The zero-order valence-corrected chi connectivity index (χ0v) is 16.5. The lowest BCUT2D eigenvalue weighted by Crippen LogP contribution is -2.61.